The van der Waals surface area contributed by atoms with E-state index >= 15 is 0 Å². The first-order valence-electron chi connectivity index (χ1n) is 12.2. The van der Waals surface area contributed by atoms with Gasteiger partial charge in [0.25, 0.3) is 5.91 Å². The summed E-state index contributed by atoms with van der Waals surface area (Å²) in [6, 6.07) is 11.4. The molecule has 2 aliphatic rings. The van der Waals surface area contributed by atoms with Gasteiger partial charge >= 0.3 is 0 Å². The second kappa shape index (κ2) is 9.08. The van der Waals surface area contributed by atoms with Gasteiger partial charge < -0.3 is 19.9 Å². The number of nitrogens with zero attached hydrogens (tertiary/aromatic N) is 2. The van der Waals surface area contributed by atoms with Gasteiger partial charge in [-0.1, -0.05) is 6.92 Å². The minimum absolute atomic E-state index is 0.00340. The highest BCUT2D eigenvalue weighted by molar-refractivity contribution is 7.16. The molecule has 2 atom stereocenters. The molecular weight excluding hydrogens is 493 g/mol. The summed E-state index contributed by atoms with van der Waals surface area (Å²) < 4.78 is 25.8. The van der Waals surface area contributed by atoms with Crippen LogP contribution in [0.15, 0.2) is 48.0 Å². The van der Waals surface area contributed by atoms with Crippen LogP contribution in [0, 0.1) is 11.7 Å². The summed E-state index contributed by atoms with van der Waals surface area (Å²) in [4.78, 5) is 22.3. The number of nitrogens with one attached hydrogen (secondary N) is 1. The molecule has 4 aromatic rings. The highest BCUT2D eigenvalue weighted by atomic mass is 32.1. The van der Waals surface area contributed by atoms with Crippen LogP contribution in [-0.2, 0) is 5.60 Å². The van der Waals surface area contributed by atoms with E-state index in [9.17, 15) is 14.3 Å². The number of benzene rings is 2. The van der Waals surface area contributed by atoms with E-state index in [1.54, 1.807) is 36.9 Å². The summed E-state index contributed by atoms with van der Waals surface area (Å²) in [5.41, 5.74) is 4.22. The number of methoxy groups -OCH3 is 1. The predicted molar refractivity (Wildman–Crippen MR) is 139 cm³/mol. The van der Waals surface area contributed by atoms with Gasteiger partial charge in [0.1, 0.15) is 34.1 Å². The van der Waals surface area contributed by atoms with Crippen molar-refractivity contribution in [2.24, 2.45) is 5.92 Å². The third-order valence-corrected chi connectivity index (χ3v) is 8.00. The Balaban J connectivity index is 1.34. The molecule has 6 rings (SSSR count). The van der Waals surface area contributed by atoms with E-state index in [-0.39, 0.29) is 30.1 Å². The van der Waals surface area contributed by atoms with Crippen LogP contribution in [0.25, 0.3) is 21.5 Å². The highest BCUT2D eigenvalue weighted by Gasteiger charge is 2.47. The number of thiazole rings is 1. The third-order valence-electron chi connectivity index (χ3n) is 7.23. The molecule has 1 aliphatic heterocycles. The summed E-state index contributed by atoms with van der Waals surface area (Å²) in [5.74, 6) is 0.623. The van der Waals surface area contributed by atoms with Crippen molar-refractivity contribution in [1.29, 1.82) is 0 Å². The molecule has 0 radical (unpaired) electrons. The van der Waals surface area contributed by atoms with E-state index in [0.29, 0.717) is 46.1 Å². The molecule has 190 valence electrons. The van der Waals surface area contributed by atoms with Gasteiger partial charge in [0.05, 0.1) is 36.2 Å². The topological polar surface area (TPSA) is 93.6 Å². The number of hydrogen-bond donors (Lipinski definition) is 2. The zero-order valence-corrected chi connectivity index (χ0v) is 21.3. The quantitative estimate of drug-likeness (QED) is 0.356. The first kappa shape index (κ1) is 23.8. The van der Waals surface area contributed by atoms with E-state index in [2.05, 4.69) is 17.2 Å². The summed E-state index contributed by atoms with van der Waals surface area (Å²) in [7, 11) is 1.55. The number of rotatable bonds is 7. The summed E-state index contributed by atoms with van der Waals surface area (Å²) >= 11 is 1.43. The van der Waals surface area contributed by atoms with Crippen LogP contribution < -0.4 is 14.8 Å². The number of carbonyl (C=O) groups is 1. The largest absolute Gasteiger partial charge is 0.494 e. The lowest BCUT2D eigenvalue weighted by molar-refractivity contribution is 0.00950. The van der Waals surface area contributed by atoms with Gasteiger partial charge in [-0.05, 0) is 61.2 Å². The highest BCUT2D eigenvalue weighted by Crippen LogP contribution is 2.48. The fraction of sp³-hybridized carbons (Fsp3) is 0.321. The van der Waals surface area contributed by atoms with Crippen LogP contribution in [0.1, 0.15) is 47.3 Å². The minimum atomic E-state index is -1.36. The zero-order valence-electron chi connectivity index (χ0n) is 20.5. The lowest BCUT2D eigenvalue weighted by atomic mass is 9.89. The molecule has 7 nitrogen and oxygen atoms in total. The molecule has 1 fully saturated rings. The van der Waals surface area contributed by atoms with Crippen LogP contribution in [0.4, 0.5) is 4.39 Å². The van der Waals surface area contributed by atoms with Crippen LogP contribution in [-0.4, -0.2) is 41.2 Å². The average molecular weight is 520 g/mol. The number of carbonyl (C=O) groups excluding carboxylic acids is 1. The SMILES string of the molecule is COc1cc(C(=O)NC[C@](O)(c2cc3c(c(-c4ccc(F)cc4)n2)OC[C@H]3C)C2CC2)cc2scnc12. The molecule has 0 saturated heterocycles. The van der Waals surface area contributed by atoms with Gasteiger partial charge in [-0.3, -0.25) is 4.79 Å². The molecule has 0 spiro atoms. The van der Waals surface area contributed by atoms with Crippen molar-refractivity contribution in [3.05, 3.63) is 70.6 Å². The monoisotopic (exact) mass is 519 g/mol. The second-order valence-corrected chi connectivity index (χ2v) is 10.6. The smallest absolute Gasteiger partial charge is 0.251 e. The van der Waals surface area contributed by atoms with E-state index in [1.807, 2.05) is 6.07 Å². The number of aromatic nitrogens is 2. The normalized spacial score (nSPS) is 18.2. The molecule has 9 heteroatoms. The maximum absolute atomic E-state index is 13.6. The number of aliphatic hydroxyl groups is 1. The molecule has 0 bridgehead atoms. The Hall–Kier alpha value is -3.56. The molecule has 2 aromatic heterocycles. The lowest BCUT2D eigenvalue weighted by Crippen LogP contribution is -2.43. The first-order valence-corrected chi connectivity index (χ1v) is 13.1. The van der Waals surface area contributed by atoms with Crippen LogP contribution in [0.5, 0.6) is 11.5 Å². The van der Waals surface area contributed by atoms with Crippen molar-refractivity contribution in [2.45, 2.75) is 31.3 Å². The molecule has 37 heavy (non-hydrogen) atoms. The second-order valence-electron chi connectivity index (χ2n) is 9.75. The van der Waals surface area contributed by atoms with E-state index in [0.717, 1.165) is 23.1 Å². The molecule has 3 heterocycles. The Labute approximate surface area is 217 Å². The van der Waals surface area contributed by atoms with Gasteiger partial charge in [-0.15, -0.1) is 11.3 Å². The first-order chi connectivity index (χ1) is 17.9. The molecule has 1 saturated carbocycles. The summed E-state index contributed by atoms with van der Waals surface area (Å²) in [6.07, 6.45) is 1.67. The molecule has 0 unspecified atom stereocenters. The molecule has 2 N–H and O–H groups in total. The number of pyridine rings is 1. The van der Waals surface area contributed by atoms with E-state index in [4.69, 9.17) is 14.5 Å². The van der Waals surface area contributed by atoms with E-state index < -0.39 is 5.60 Å². The molecule has 2 aromatic carbocycles. The number of amides is 1. The zero-order chi connectivity index (χ0) is 25.7. The Morgan fingerprint density at radius 2 is 2.05 bits per heavy atom. The van der Waals surface area contributed by atoms with Crippen LogP contribution in [0.2, 0.25) is 0 Å². The summed E-state index contributed by atoms with van der Waals surface area (Å²) in [6.45, 7) is 2.57. The van der Waals surface area contributed by atoms with Crippen molar-refractivity contribution in [2.75, 3.05) is 20.3 Å². The number of halogens is 1. The Kier molecular flexibility index (Phi) is 5.84. The summed E-state index contributed by atoms with van der Waals surface area (Å²) in [5, 5.41) is 14.9. The predicted octanol–water partition coefficient (Wildman–Crippen LogP) is 5.03. The van der Waals surface area contributed by atoms with E-state index in [1.165, 1.54) is 23.5 Å². The number of fused-ring (bicyclic) bond motifs is 2. The third kappa shape index (κ3) is 4.22. The van der Waals surface area contributed by atoms with Gasteiger partial charge in [-0.25, -0.2) is 14.4 Å². The number of hydrogen-bond acceptors (Lipinski definition) is 7. The van der Waals surface area contributed by atoms with Gasteiger partial charge in [0.2, 0.25) is 0 Å². The maximum Gasteiger partial charge on any atom is 0.251 e. The van der Waals surface area contributed by atoms with Crippen molar-refractivity contribution >= 4 is 27.5 Å². The number of ether oxygens (including phenoxy) is 2. The Morgan fingerprint density at radius 1 is 1.27 bits per heavy atom. The van der Waals surface area contributed by atoms with Crippen molar-refractivity contribution in [3.63, 3.8) is 0 Å². The fourth-order valence-electron chi connectivity index (χ4n) is 4.94. The fourth-order valence-corrected chi connectivity index (χ4v) is 5.67. The van der Waals surface area contributed by atoms with Crippen LogP contribution >= 0.6 is 11.3 Å². The maximum atomic E-state index is 13.6. The van der Waals surface area contributed by atoms with Gasteiger partial charge in [0.15, 0.2) is 0 Å². The van der Waals surface area contributed by atoms with Crippen LogP contribution in [0.3, 0.4) is 0 Å². The Morgan fingerprint density at radius 3 is 2.78 bits per heavy atom. The van der Waals surface area contributed by atoms with Gasteiger partial charge in [0, 0.05) is 22.6 Å². The standard InChI is InChI=1S/C28H26FN3O4S/c1-15-12-36-26-20(15)11-23(32-24(26)16-3-7-19(29)8-4-16)28(34,18-5-6-18)13-30-27(33)17-9-21(35-2)25-22(10-17)37-14-31-25/h3-4,7-11,14-15,18,34H,5-6,12-13H2,1-2H3,(H,30,33)/t15-,28-/m1/s1. The van der Waals surface area contributed by atoms with Crippen molar-refractivity contribution in [1.82, 2.24) is 15.3 Å². The molecular formula is C28H26FN3O4S. The van der Waals surface area contributed by atoms with Crippen molar-refractivity contribution < 1.29 is 23.8 Å². The van der Waals surface area contributed by atoms with Gasteiger partial charge in [-0.2, -0.15) is 0 Å². The Bertz CT molecular complexity index is 1500. The minimum Gasteiger partial charge on any atom is -0.494 e. The molecule has 1 amide bonds. The molecule has 1 aliphatic carbocycles. The lowest BCUT2D eigenvalue weighted by Gasteiger charge is -2.29. The average Bonchev–Trinajstić information content (AvgIpc) is 3.56. The van der Waals surface area contributed by atoms with Crippen molar-refractivity contribution in [3.8, 4) is 22.8 Å².